The van der Waals surface area contributed by atoms with Crippen LogP contribution >= 0.6 is 15.9 Å². The van der Waals surface area contributed by atoms with Gasteiger partial charge in [0.15, 0.2) is 0 Å². The first-order valence-corrected chi connectivity index (χ1v) is 8.61. The molecule has 1 saturated carbocycles. The predicted octanol–water partition coefficient (Wildman–Crippen LogP) is 2.66. The zero-order chi connectivity index (χ0) is 12.2. The van der Waals surface area contributed by atoms with Crippen LogP contribution in [0.4, 0.5) is 0 Å². The van der Waals surface area contributed by atoms with Crippen molar-refractivity contribution in [1.82, 2.24) is 4.72 Å². The maximum Gasteiger partial charge on any atom is 0.212 e. The molecule has 5 heteroatoms. The molecule has 0 radical (unpaired) electrons. The van der Waals surface area contributed by atoms with Crippen LogP contribution in [0.15, 0.2) is 0 Å². The highest BCUT2D eigenvalue weighted by Crippen LogP contribution is 2.24. The standard InChI is InChI=1S/C11H22BrNO2S/c1-9(2)8-16(14,15)13-11-7-5-3-4-6-10(11)12/h9-11,13H,3-8H2,1-2H3. The summed E-state index contributed by atoms with van der Waals surface area (Å²) in [5, 5.41) is 0. The first-order chi connectivity index (χ1) is 7.41. The van der Waals surface area contributed by atoms with E-state index in [-0.39, 0.29) is 22.5 Å². The Hall–Kier alpha value is 0.390. The summed E-state index contributed by atoms with van der Waals surface area (Å²) >= 11 is 3.60. The Morgan fingerprint density at radius 1 is 1.25 bits per heavy atom. The van der Waals surface area contributed by atoms with E-state index in [0.717, 1.165) is 19.3 Å². The average Bonchev–Trinajstić information content (AvgIpc) is 2.29. The van der Waals surface area contributed by atoms with Crippen molar-refractivity contribution in [1.29, 1.82) is 0 Å². The molecule has 1 aliphatic rings. The van der Waals surface area contributed by atoms with Crippen molar-refractivity contribution < 1.29 is 8.42 Å². The summed E-state index contributed by atoms with van der Waals surface area (Å²) in [4.78, 5) is 0.289. The summed E-state index contributed by atoms with van der Waals surface area (Å²) in [7, 11) is -3.11. The SMILES string of the molecule is CC(C)CS(=O)(=O)NC1CCCCCC1Br. The molecule has 3 nitrogen and oxygen atoms in total. The second kappa shape index (κ2) is 6.36. The van der Waals surface area contributed by atoms with E-state index < -0.39 is 10.0 Å². The molecule has 0 heterocycles. The van der Waals surface area contributed by atoms with Gasteiger partial charge in [-0.25, -0.2) is 13.1 Å². The van der Waals surface area contributed by atoms with Crippen LogP contribution in [0.25, 0.3) is 0 Å². The largest absolute Gasteiger partial charge is 0.212 e. The van der Waals surface area contributed by atoms with Crippen LogP contribution in [0.3, 0.4) is 0 Å². The van der Waals surface area contributed by atoms with Gasteiger partial charge in [0.25, 0.3) is 0 Å². The third-order valence-corrected chi connectivity index (χ3v) is 5.68. The van der Waals surface area contributed by atoms with Crippen molar-refractivity contribution in [2.45, 2.75) is 56.8 Å². The molecule has 0 aromatic rings. The number of alkyl halides is 1. The summed E-state index contributed by atoms with van der Waals surface area (Å²) in [6.45, 7) is 3.86. The Labute approximate surface area is 108 Å². The van der Waals surface area contributed by atoms with Crippen molar-refractivity contribution in [3.63, 3.8) is 0 Å². The monoisotopic (exact) mass is 311 g/mol. The smallest absolute Gasteiger partial charge is 0.212 e. The molecule has 0 bridgehead atoms. The Morgan fingerprint density at radius 3 is 2.50 bits per heavy atom. The van der Waals surface area contributed by atoms with Crippen molar-refractivity contribution in [2.24, 2.45) is 5.92 Å². The van der Waals surface area contributed by atoms with Gasteiger partial charge in [0, 0.05) is 10.9 Å². The summed E-state index contributed by atoms with van der Waals surface area (Å²) in [5.74, 6) is 0.403. The number of nitrogens with one attached hydrogen (secondary N) is 1. The van der Waals surface area contributed by atoms with Crippen LogP contribution in [0.5, 0.6) is 0 Å². The van der Waals surface area contributed by atoms with Gasteiger partial charge in [0.1, 0.15) is 0 Å². The second-order valence-electron chi connectivity index (χ2n) is 5.05. The normalized spacial score (nSPS) is 28.0. The topological polar surface area (TPSA) is 46.2 Å². The fourth-order valence-electron chi connectivity index (χ4n) is 2.11. The maximum atomic E-state index is 11.8. The number of hydrogen-bond acceptors (Lipinski definition) is 2. The number of rotatable bonds is 4. The van der Waals surface area contributed by atoms with E-state index in [1.807, 2.05) is 13.8 Å². The molecule has 0 spiro atoms. The van der Waals surface area contributed by atoms with Crippen LogP contribution in [0.2, 0.25) is 0 Å². The van der Waals surface area contributed by atoms with E-state index in [4.69, 9.17) is 0 Å². The van der Waals surface area contributed by atoms with Crippen molar-refractivity contribution in [2.75, 3.05) is 5.75 Å². The Bertz CT molecular complexity index is 303. The van der Waals surface area contributed by atoms with Gasteiger partial charge in [-0.05, 0) is 18.8 Å². The Balaban J connectivity index is 2.57. The summed E-state index contributed by atoms with van der Waals surface area (Å²) in [5.41, 5.74) is 0. The summed E-state index contributed by atoms with van der Waals surface area (Å²) in [6.07, 6.45) is 5.54. The van der Waals surface area contributed by atoms with Crippen LogP contribution < -0.4 is 4.72 Å². The molecular weight excluding hydrogens is 290 g/mol. The lowest BCUT2D eigenvalue weighted by atomic mass is 10.1. The van der Waals surface area contributed by atoms with Crippen molar-refractivity contribution in [3.8, 4) is 0 Å². The lowest BCUT2D eigenvalue weighted by molar-refractivity contribution is 0.514. The van der Waals surface area contributed by atoms with E-state index in [9.17, 15) is 8.42 Å². The van der Waals surface area contributed by atoms with E-state index in [1.165, 1.54) is 12.8 Å². The van der Waals surface area contributed by atoms with Gasteiger partial charge >= 0.3 is 0 Å². The molecule has 96 valence electrons. The van der Waals surface area contributed by atoms with Crippen molar-refractivity contribution in [3.05, 3.63) is 0 Å². The maximum absolute atomic E-state index is 11.8. The first kappa shape index (κ1) is 14.5. The van der Waals surface area contributed by atoms with Gasteiger partial charge in [-0.2, -0.15) is 0 Å². The molecule has 1 N–H and O–H groups in total. The van der Waals surface area contributed by atoms with Gasteiger partial charge < -0.3 is 0 Å². The Kier molecular flexibility index (Phi) is 5.74. The van der Waals surface area contributed by atoms with E-state index in [0.29, 0.717) is 0 Å². The van der Waals surface area contributed by atoms with Gasteiger partial charge in [0.05, 0.1) is 5.75 Å². The zero-order valence-corrected chi connectivity index (χ0v) is 12.5. The molecule has 2 unspecified atom stereocenters. The molecule has 0 saturated heterocycles. The molecule has 2 atom stereocenters. The number of halogens is 1. The third kappa shape index (κ3) is 5.15. The minimum Gasteiger partial charge on any atom is -0.212 e. The minimum atomic E-state index is -3.11. The van der Waals surface area contributed by atoms with Crippen molar-refractivity contribution >= 4 is 26.0 Å². The molecule has 1 fully saturated rings. The van der Waals surface area contributed by atoms with Gasteiger partial charge in [-0.1, -0.05) is 49.0 Å². The van der Waals surface area contributed by atoms with Gasteiger partial charge in [-0.3, -0.25) is 0 Å². The molecule has 0 amide bonds. The van der Waals surface area contributed by atoms with Crippen LogP contribution in [-0.4, -0.2) is 25.0 Å². The van der Waals surface area contributed by atoms with E-state index in [1.54, 1.807) is 0 Å². The van der Waals surface area contributed by atoms with E-state index >= 15 is 0 Å². The molecular formula is C11H22BrNO2S. The molecule has 0 aliphatic heterocycles. The van der Waals surface area contributed by atoms with Gasteiger partial charge in [-0.15, -0.1) is 0 Å². The highest BCUT2D eigenvalue weighted by molar-refractivity contribution is 9.09. The second-order valence-corrected chi connectivity index (χ2v) is 8.03. The van der Waals surface area contributed by atoms with Crippen LogP contribution in [0, 0.1) is 5.92 Å². The number of sulfonamides is 1. The van der Waals surface area contributed by atoms with E-state index in [2.05, 4.69) is 20.7 Å². The summed E-state index contributed by atoms with van der Waals surface area (Å²) in [6, 6.07) is 0.0752. The van der Waals surface area contributed by atoms with Crippen LogP contribution in [-0.2, 0) is 10.0 Å². The summed E-state index contributed by atoms with van der Waals surface area (Å²) < 4.78 is 26.5. The molecule has 16 heavy (non-hydrogen) atoms. The quantitative estimate of drug-likeness (QED) is 0.641. The highest BCUT2D eigenvalue weighted by atomic mass is 79.9. The van der Waals surface area contributed by atoms with Gasteiger partial charge in [0.2, 0.25) is 10.0 Å². The lowest BCUT2D eigenvalue weighted by Crippen LogP contribution is -2.42. The lowest BCUT2D eigenvalue weighted by Gasteiger charge is -2.21. The van der Waals surface area contributed by atoms with Crippen LogP contribution in [0.1, 0.15) is 46.0 Å². The first-order valence-electron chi connectivity index (χ1n) is 6.05. The third-order valence-electron chi connectivity index (χ3n) is 2.82. The fourth-order valence-corrected chi connectivity index (χ4v) is 4.73. The predicted molar refractivity (Wildman–Crippen MR) is 71.3 cm³/mol. The zero-order valence-electron chi connectivity index (χ0n) is 10.1. The average molecular weight is 312 g/mol. The fraction of sp³-hybridized carbons (Fsp3) is 1.00. The molecule has 0 aromatic heterocycles. The highest BCUT2D eigenvalue weighted by Gasteiger charge is 2.26. The molecule has 1 aliphatic carbocycles. The number of hydrogen-bond donors (Lipinski definition) is 1. The minimum absolute atomic E-state index is 0.0752. The molecule has 1 rings (SSSR count). The Morgan fingerprint density at radius 2 is 1.88 bits per heavy atom. The molecule has 0 aromatic carbocycles.